The molecule has 1 aromatic heterocycles. The largest absolute Gasteiger partial charge is 0.467 e. The maximum atomic E-state index is 12.7. The van der Waals surface area contributed by atoms with Crippen LogP contribution in [-0.4, -0.2) is 35.8 Å². The molecule has 0 unspecified atom stereocenters. The molecule has 2 amide bonds. The van der Waals surface area contributed by atoms with E-state index in [2.05, 4.69) is 5.32 Å². The van der Waals surface area contributed by atoms with Crippen LogP contribution in [0.4, 0.5) is 18.9 Å². The van der Waals surface area contributed by atoms with Gasteiger partial charge < -0.3 is 19.4 Å². The molecule has 154 valence electrons. The van der Waals surface area contributed by atoms with Crippen molar-refractivity contribution in [2.24, 2.45) is 5.92 Å². The van der Waals surface area contributed by atoms with E-state index < -0.39 is 36.1 Å². The van der Waals surface area contributed by atoms with Crippen LogP contribution >= 0.6 is 0 Å². The lowest BCUT2D eigenvalue weighted by atomic mass is 10.1. The number of likely N-dealkylation sites (tertiary alicyclic amines) is 1. The van der Waals surface area contributed by atoms with Crippen LogP contribution in [-0.2, 0) is 31.8 Å². The molecule has 1 aliphatic rings. The van der Waals surface area contributed by atoms with E-state index in [4.69, 9.17) is 9.15 Å². The number of hydrogen-bond donors (Lipinski definition) is 1. The summed E-state index contributed by atoms with van der Waals surface area (Å²) in [6, 6.07) is 7.49. The van der Waals surface area contributed by atoms with Gasteiger partial charge in [0.2, 0.25) is 5.91 Å². The zero-order valence-electron chi connectivity index (χ0n) is 15.1. The van der Waals surface area contributed by atoms with Gasteiger partial charge in [0.05, 0.1) is 24.3 Å². The molecule has 1 aliphatic heterocycles. The van der Waals surface area contributed by atoms with Crippen LogP contribution < -0.4 is 5.32 Å². The highest BCUT2D eigenvalue weighted by molar-refractivity contribution is 5.93. The highest BCUT2D eigenvalue weighted by atomic mass is 19.4. The predicted molar refractivity (Wildman–Crippen MR) is 93.3 cm³/mol. The number of hydrogen-bond acceptors (Lipinski definition) is 5. The molecule has 1 atom stereocenters. The second-order valence-corrected chi connectivity index (χ2v) is 6.49. The SMILES string of the molecule is O=C(COC(=O)[C@@H]1CC(=O)N(Cc2ccco2)C1)Nc1cccc(C(F)(F)F)c1. The summed E-state index contributed by atoms with van der Waals surface area (Å²) in [5, 5.41) is 2.24. The van der Waals surface area contributed by atoms with Gasteiger partial charge in [0.15, 0.2) is 6.61 Å². The second-order valence-electron chi connectivity index (χ2n) is 6.49. The molecule has 3 rings (SSSR count). The van der Waals surface area contributed by atoms with Crippen molar-refractivity contribution in [1.82, 2.24) is 4.90 Å². The Morgan fingerprint density at radius 1 is 1.24 bits per heavy atom. The molecule has 1 aromatic carbocycles. The van der Waals surface area contributed by atoms with E-state index in [1.165, 1.54) is 17.2 Å². The number of benzene rings is 1. The minimum atomic E-state index is -4.54. The summed E-state index contributed by atoms with van der Waals surface area (Å²) in [7, 11) is 0. The number of carbonyl (C=O) groups is 3. The molecule has 2 aromatic rings. The van der Waals surface area contributed by atoms with Gasteiger partial charge in [0, 0.05) is 18.7 Å². The number of carbonyl (C=O) groups excluding carboxylic acids is 3. The van der Waals surface area contributed by atoms with Crippen LogP contribution in [0.1, 0.15) is 17.7 Å². The Balaban J connectivity index is 1.48. The molecule has 2 heterocycles. The van der Waals surface area contributed by atoms with Crippen molar-refractivity contribution in [2.75, 3.05) is 18.5 Å². The quantitative estimate of drug-likeness (QED) is 0.740. The number of rotatable bonds is 6. The van der Waals surface area contributed by atoms with E-state index >= 15 is 0 Å². The Morgan fingerprint density at radius 3 is 2.72 bits per heavy atom. The van der Waals surface area contributed by atoms with E-state index in [0.717, 1.165) is 18.2 Å². The van der Waals surface area contributed by atoms with Crippen molar-refractivity contribution in [3.8, 4) is 0 Å². The van der Waals surface area contributed by atoms with E-state index in [1.807, 2.05) is 0 Å². The Bertz CT molecular complexity index is 895. The van der Waals surface area contributed by atoms with Crippen molar-refractivity contribution in [1.29, 1.82) is 0 Å². The highest BCUT2D eigenvalue weighted by Crippen LogP contribution is 2.30. The molecule has 1 fully saturated rings. The molecule has 1 N–H and O–H groups in total. The first-order valence-corrected chi connectivity index (χ1v) is 8.66. The predicted octanol–water partition coefficient (Wildman–Crippen LogP) is 2.83. The average Bonchev–Trinajstić information content (AvgIpc) is 3.30. The van der Waals surface area contributed by atoms with Crippen molar-refractivity contribution in [2.45, 2.75) is 19.1 Å². The number of nitrogens with zero attached hydrogens (tertiary/aromatic N) is 1. The first-order chi connectivity index (χ1) is 13.7. The van der Waals surface area contributed by atoms with Crippen LogP contribution in [0, 0.1) is 5.92 Å². The lowest BCUT2D eigenvalue weighted by Crippen LogP contribution is -2.28. The molecule has 10 heteroatoms. The Labute approximate surface area is 163 Å². The third kappa shape index (κ3) is 5.37. The summed E-state index contributed by atoms with van der Waals surface area (Å²) in [6.07, 6.45) is -3.11. The maximum absolute atomic E-state index is 12.7. The van der Waals surface area contributed by atoms with Gasteiger partial charge in [-0.05, 0) is 30.3 Å². The van der Waals surface area contributed by atoms with Gasteiger partial charge in [-0.3, -0.25) is 14.4 Å². The number of esters is 1. The number of amides is 2. The number of halogens is 3. The zero-order valence-corrected chi connectivity index (χ0v) is 15.1. The molecule has 0 saturated carbocycles. The molecule has 29 heavy (non-hydrogen) atoms. The third-order valence-electron chi connectivity index (χ3n) is 4.29. The number of anilines is 1. The summed E-state index contributed by atoms with van der Waals surface area (Å²) in [5.74, 6) is -1.89. The fourth-order valence-corrected chi connectivity index (χ4v) is 2.90. The Morgan fingerprint density at radius 2 is 2.03 bits per heavy atom. The Kier molecular flexibility index (Phi) is 5.90. The second kappa shape index (κ2) is 8.38. The summed E-state index contributed by atoms with van der Waals surface area (Å²) >= 11 is 0. The lowest BCUT2D eigenvalue weighted by molar-refractivity contribution is -0.151. The molecular weight excluding hydrogens is 393 g/mol. The molecule has 0 radical (unpaired) electrons. The summed E-state index contributed by atoms with van der Waals surface area (Å²) in [4.78, 5) is 37.5. The van der Waals surface area contributed by atoms with Crippen LogP contribution in [0.3, 0.4) is 0 Å². The molecular formula is C19H17F3N2O5. The van der Waals surface area contributed by atoms with Crippen LogP contribution in [0.2, 0.25) is 0 Å². The van der Waals surface area contributed by atoms with Crippen LogP contribution in [0.5, 0.6) is 0 Å². The van der Waals surface area contributed by atoms with Crippen molar-refractivity contribution >= 4 is 23.5 Å². The van der Waals surface area contributed by atoms with Crippen molar-refractivity contribution < 1.29 is 36.7 Å². The van der Waals surface area contributed by atoms with Crippen LogP contribution in [0.15, 0.2) is 47.1 Å². The fraction of sp³-hybridized carbons (Fsp3) is 0.316. The fourth-order valence-electron chi connectivity index (χ4n) is 2.90. The van der Waals surface area contributed by atoms with Gasteiger partial charge in [-0.2, -0.15) is 13.2 Å². The maximum Gasteiger partial charge on any atom is 0.416 e. The van der Waals surface area contributed by atoms with Gasteiger partial charge in [-0.15, -0.1) is 0 Å². The van der Waals surface area contributed by atoms with Gasteiger partial charge in [-0.1, -0.05) is 6.07 Å². The first-order valence-electron chi connectivity index (χ1n) is 8.66. The number of furan rings is 1. The van der Waals surface area contributed by atoms with Crippen molar-refractivity contribution in [3.05, 3.63) is 54.0 Å². The van der Waals surface area contributed by atoms with E-state index in [0.29, 0.717) is 5.76 Å². The van der Waals surface area contributed by atoms with E-state index in [-0.39, 0.29) is 31.1 Å². The smallest absolute Gasteiger partial charge is 0.416 e. The number of nitrogens with one attached hydrogen (secondary N) is 1. The lowest BCUT2D eigenvalue weighted by Gasteiger charge is -2.14. The standard InChI is InChI=1S/C19H17F3N2O5/c20-19(21,22)13-3-1-4-14(8-13)23-16(25)11-29-18(27)12-7-17(26)24(9-12)10-15-5-2-6-28-15/h1-6,8,12H,7,9-11H2,(H,23,25)/t12-/m1/s1. The van der Waals surface area contributed by atoms with Crippen molar-refractivity contribution in [3.63, 3.8) is 0 Å². The molecule has 7 nitrogen and oxygen atoms in total. The molecule has 1 saturated heterocycles. The highest BCUT2D eigenvalue weighted by Gasteiger charge is 2.36. The first kappa shape index (κ1) is 20.4. The number of alkyl halides is 3. The minimum Gasteiger partial charge on any atom is -0.467 e. The van der Waals surface area contributed by atoms with Gasteiger partial charge in [-0.25, -0.2) is 0 Å². The monoisotopic (exact) mass is 410 g/mol. The van der Waals surface area contributed by atoms with E-state index in [9.17, 15) is 27.6 Å². The molecule has 0 aliphatic carbocycles. The molecule has 0 spiro atoms. The zero-order chi connectivity index (χ0) is 21.0. The molecule has 0 bridgehead atoms. The summed E-state index contributed by atoms with van der Waals surface area (Å²) in [6.45, 7) is -0.308. The summed E-state index contributed by atoms with van der Waals surface area (Å²) < 4.78 is 48.2. The normalized spacial score (nSPS) is 16.7. The van der Waals surface area contributed by atoms with Gasteiger partial charge in [0.25, 0.3) is 5.91 Å². The Hall–Kier alpha value is -3.30. The minimum absolute atomic E-state index is 0.0468. The topological polar surface area (TPSA) is 88.9 Å². The number of ether oxygens (including phenoxy) is 1. The van der Waals surface area contributed by atoms with Crippen LogP contribution in [0.25, 0.3) is 0 Å². The average molecular weight is 410 g/mol. The van der Waals surface area contributed by atoms with E-state index in [1.54, 1.807) is 12.1 Å². The summed E-state index contributed by atoms with van der Waals surface area (Å²) in [5.41, 5.74) is -0.977. The third-order valence-corrected chi connectivity index (χ3v) is 4.29. The van der Waals surface area contributed by atoms with Gasteiger partial charge in [0.1, 0.15) is 5.76 Å². The van der Waals surface area contributed by atoms with Gasteiger partial charge >= 0.3 is 12.1 Å².